The second kappa shape index (κ2) is 4.95. The van der Waals surface area contributed by atoms with Crippen molar-refractivity contribution >= 4 is 5.95 Å². The van der Waals surface area contributed by atoms with Gasteiger partial charge in [-0.15, -0.1) is 0 Å². The van der Waals surface area contributed by atoms with Crippen molar-refractivity contribution in [2.75, 3.05) is 11.9 Å². The van der Waals surface area contributed by atoms with E-state index < -0.39 is 0 Å². The number of hydrogen-bond acceptors (Lipinski definition) is 4. The van der Waals surface area contributed by atoms with Crippen molar-refractivity contribution in [3.8, 4) is 11.4 Å². The van der Waals surface area contributed by atoms with Crippen LogP contribution in [0.4, 0.5) is 5.95 Å². The normalized spacial score (nSPS) is 10.5. The molecule has 0 saturated carbocycles. The molecule has 5 heteroatoms. The molecule has 0 atom stereocenters. The molecule has 0 fully saturated rings. The summed E-state index contributed by atoms with van der Waals surface area (Å²) in [6.45, 7) is 7.76. The molecule has 2 rings (SSSR count). The molecule has 90 valence electrons. The Morgan fingerprint density at radius 1 is 1.35 bits per heavy atom. The maximum atomic E-state index is 4.53. The van der Waals surface area contributed by atoms with Gasteiger partial charge in [0, 0.05) is 25.5 Å². The molecule has 0 radical (unpaired) electrons. The summed E-state index contributed by atoms with van der Waals surface area (Å²) < 4.78 is 1.94. The summed E-state index contributed by atoms with van der Waals surface area (Å²) in [7, 11) is 0. The van der Waals surface area contributed by atoms with Crippen LogP contribution in [-0.4, -0.2) is 26.3 Å². The van der Waals surface area contributed by atoms with Gasteiger partial charge < -0.3 is 5.32 Å². The van der Waals surface area contributed by atoms with E-state index in [1.54, 1.807) is 6.20 Å². The van der Waals surface area contributed by atoms with E-state index in [0.717, 1.165) is 30.0 Å². The van der Waals surface area contributed by atoms with Crippen molar-refractivity contribution in [1.82, 2.24) is 19.7 Å². The third kappa shape index (κ3) is 2.27. The average Bonchev–Trinajstić information content (AvgIpc) is 2.80. The zero-order valence-corrected chi connectivity index (χ0v) is 10.4. The Bertz CT molecular complexity index is 503. The van der Waals surface area contributed by atoms with Crippen molar-refractivity contribution in [2.24, 2.45) is 0 Å². The Morgan fingerprint density at radius 2 is 2.18 bits per heavy atom. The van der Waals surface area contributed by atoms with Gasteiger partial charge in [-0.25, -0.2) is 9.97 Å². The van der Waals surface area contributed by atoms with E-state index in [0.29, 0.717) is 5.95 Å². The molecule has 0 aliphatic heterocycles. The van der Waals surface area contributed by atoms with Crippen LogP contribution in [0.2, 0.25) is 0 Å². The van der Waals surface area contributed by atoms with Gasteiger partial charge in [0.1, 0.15) is 0 Å². The summed E-state index contributed by atoms with van der Waals surface area (Å²) in [4.78, 5) is 8.77. The summed E-state index contributed by atoms with van der Waals surface area (Å²) in [5, 5.41) is 7.39. The summed E-state index contributed by atoms with van der Waals surface area (Å²) in [6, 6.07) is 1.98. The first-order chi connectivity index (χ1) is 8.26. The van der Waals surface area contributed by atoms with Crippen molar-refractivity contribution in [3.05, 3.63) is 24.0 Å². The van der Waals surface area contributed by atoms with Crippen molar-refractivity contribution < 1.29 is 0 Å². The average molecular weight is 231 g/mol. The first kappa shape index (κ1) is 11.6. The van der Waals surface area contributed by atoms with Crippen LogP contribution in [0.25, 0.3) is 11.4 Å². The van der Waals surface area contributed by atoms with Crippen LogP contribution in [0.1, 0.15) is 19.4 Å². The molecule has 2 heterocycles. The minimum atomic E-state index is 0.664. The van der Waals surface area contributed by atoms with Crippen molar-refractivity contribution in [1.29, 1.82) is 0 Å². The quantitative estimate of drug-likeness (QED) is 0.875. The van der Waals surface area contributed by atoms with Crippen LogP contribution in [-0.2, 0) is 6.54 Å². The lowest BCUT2D eigenvalue weighted by Crippen LogP contribution is -2.06. The van der Waals surface area contributed by atoms with Crippen LogP contribution >= 0.6 is 0 Å². The van der Waals surface area contributed by atoms with E-state index in [4.69, 9.17) is 0 Å². The zero-order valence-electron chi connectivity index (χ0n) is 10.4. The number of nitrogens with one attached hydrogen (secondary N) is 1. The third-order valence-corrected chi connectivity index (χ3v) is 2.57. The SMILES string of the molecule is CCNc1ncc(C)c(-c2ccnn2CC)n1. The number of aromatic nitrogens is 4. The molecule has 0 aliphatic carbocycles. The Balaban J connectivity index is 2.46. The second-order valence-corrected chi connectivity index (χ2v) is 3.79. The van der Waals surface area contributed by atoms with E-state index in [2.05, 4.69) is 27.3 Å². The van der Waals surface area contributed by atoms with Gasteiger partial charge in [0.2, 0.25) is 5.95 Å². The molecule has 1 N–H and O–H groups in total. The Kier molecular flexibility index (Phi) is 3.37. The molecule has 0 spiro atoms. The number of aryl methyl sites for hydroxylation is 2. The fraction of sp³-hybridized carbons (Fsp3) is 0.417. The van der Waals surface area contributed by atoms with E-state index in [1.165, 1.54) is 0 Å². The van der Waals surface area contributed by atoms with Crippen LogP contribution < -0.4 is 5.32 Å². The minimum absolute atomic E-state index is 0.664. The first-order valence-electron chi connectivity index (χ1n) is 5.86. The molecular formula is C12H17N5. The monoisotopic (exact) mass is 231 g/mol. The molecule has 0 aliphatic rings. The molecule has 0 amide bonds. The van der Waals surface area contributed by atoms with Gasteiger partial charge in [-0.3, -0.25) is 4.68 Å². The predicted octanol–water partition coefficient (Wildman–Crippen LogP) is 2.10. The first-order valence-corrected chi connectivity index (χ1v) is 5.86. The number of nitrogens with zero attached hydrogens (tertiary/aromatic N) is 4. The van der Waals surface area contributed by atoms with Crippen LogP contribution in [0.5, 0.6) is 0 Å². The summed E-state index contributed by atoms with van der Waals surface area (Å²) in [5.74, 6) is 0.664. The number of rotatable bonds is 4. The molecule has 0 bridgehead atoms. The molecule has 2 aromatic rings. The fourth-order valence-corrected chi connectivity index (χ4v) is 1.73. The summed E-state index contributed by atoms with van der Waals surface area (Å²) >= 11 is 0. The Morgan fingerprint density at radius 3 is 2.88 bits per heavy atom. The second-order valence-electron chi connectivity index (χ2n) is 3.79. The molecule has 5 nitrogen and oxygen atoms in total. The van der Waals surface area contributed by atoms with Gasteiger partial charge in [-0.1, -0.05) is 0 Å². The lowest BCUT2D eigenvalue weighted by Gasteiger charge is -2.09. The highest BCUT2D eigenvalue weighted by Crippen LogP contribution is 2.21. The largest absolute Gasteiger partial charge is 0.354 e. The maximum Gasteiger partial charge on any atom is 0.223 e. The molecule has 17 heavy (non-hydrogen) atoms. The molecule has 0 saturated heterocycles. The van der Waals surface area contributed by atoms with Gasteiger partial charge in [0.05, 0.1) is 11.4 Å². The highest BCUT2D eigenvalue weighted by Gasteiger charge is 2.10. The number of anilines is 1. The lowest BCUT2D eigenvalue weighted by molar-refractivity contribution is 0.665. The van der Waals surface area contributed by atoms with Gasteiger partial charge in [-0.05, 0) is 32.4 Å². The Labute approximate surface area is 101 Å². The molecule has 2 aromatic heterocycles. The topological polar surface area (TPSA) is 55.6 Å². The van der Waals surface area contributed by atoms with Crippen LogP contribution in [0.15, 0.2) is 18.5 Å². The minimum Gasteiger partial charge on any atom is -0.354 e. The molecular weight excluding hydrogens is 214 g/mol. The van der Waals surface area contributed by atoms with Crippen molar-refractivity contribution in [3.63, 3.8) is 0 Å². The van der Waals surface area contributed by atoms with Gasteiger partial charge >= 0.3 is 0 Å². The number of hydrogen-bond donors (Lipinski definition) is 1. The smallest absolute Gasteiger partial charge is 0.223 e. The fourth-order valence-electron chi connectivity index (χ4n) is 1.73. The van der Waals surface area contributed by atoms with Crippen molar-refractivity contribution in [2.45, 2.75) is 27.3 Å². The summed E-state index contributed by atoms with van der Waals surface area (Å²) in [6.07, 6.45) is 3.64. The van der Waals surface area contributed by atoms with Gasteiger partial charge in [0.15, 0.2) is 0 Å². The van der Waals surface area contributed by atoms with Crippen LogP contribution in [0.3, 0.4) is 0 Å². The Hall–Kier alpha value is -1.91. The highest BCUT2D eigenvalue weighted by atomic mass is 15.3. The predicted molar refractivity (Wildman–Crippen MR) is 67.8 cm³/mol. The van der Waals surface area contributed by atoms with Crippen LogP contribution in [0, 0.1) is 6.92 Å². The molecule has 0 unspecified atom stereocenters. The lowest BCUT2D eigenvalue weighted by atomic mass is 10.2. The third-order valence-electron chi connectivity index (χ3n) is 2.57. The highest BCUT2D eigenvalue weighted by molar-refractivity contribution is 5.59. The van der Waals surface area contributed by atoms with E-state index >= 15 is 0 Å². The molecule has 0 aromatic carbocycles. The van der Waals surface area contributed by atoms with E-state index in [9.17, 15) is 0 Å². The van der Waals surface area contributed by atoms with Gasteiger partial charge in [0.25, 0.3) is 0 Å². The van der Waals surface area contributed by atoms with Gasteiger partial charge in [-0.2, -0.15) is 5.10 Å². The zero-order chi connectivity index (χ0) is 12.3. The van der Waals surface area contributed by atoms with E-state index in [1.807, 2.05) is 30.8 Å². The maximum absolute atomic E-state index is 4.53. The summed E-state index contributed by atoms with van der Waals surface area (Å²) in [5.41, 5.74) is 3.03. The van der Waals surface area contributed by atoms with E-state index in [-0.39, 0.29) is 0 Å². The standard InChI is InChI=1S/C12H17N5/c1-4-13-12-14-8-9(3)11(16-12)10-6-7-15-17(10)5-2/h6-8H,4-5H2,1-3H3,(H,13,14,16).